The molecule has 22 nitrogen and oxygen atoms in total. The van der Waals surface area contributed by atoms with Crippen molar-refractivity contribution < 1.29 is 60.0 Å². The minimum atomic E-state index is -3.35. The number of aromatic nitrogens is 6. The van der Waals surface area contributed by atoms with Gasteiger partial charge in [0, 0.05) is 61.7 Å². The summed E-state index contributed by atoms with van der Waals surface area (Å²) < 4.78 is 83.2. The van der Waals surface area contributed by atoms with Crippen LogP contribution in [-0.4, -0.2) is 151 Å². The molecule has 28 heteroatoms. The van der Waals surface area contributed by atoms with Gasteiger partial charge in [-0.05, 0) is 111 Å². The number of rotatable bonds is 14. The Balaban J connectivity index is 0.000000141. The maximum Gasteiger partial charge on any atom is 0.411 e. The minimum absolute atomic E-state index is 0.00242. The molecule has 3 aromatic heterocycles. The number of sulfone groups is 2. The lowest BCUT2D eigenvalue weighted by atomic mass is 9.99. The van der Waals surface area contributed by atoms with Crippen molar-refractivity contribution in [2.24, 2.45) is 0 Å². The monoisotopic (exact) mass is 1350 g/mol. The number of halogens is 4. The molecular formula is C62H71Cl4N9O13S2. The van der Waals surface area contributed by atoms with Gasteiger partial charge in [0.25, 0.3) is 0 Å². The van der Waals surface area contributed by atoms with Crippen LogP contribution in [0.25, 0.3) is 0 Å². The van der Waals surface area contributed by atoms with Crippen molar-refractivity contribution >= 4 is 78.3 Å². The summed E-state index contributed by atoms with van der Waals surface area (Å²) in [5.41, 5.74) is 2.13. The number of benzene rings is 2. The number of aromatic hydroxyl groups is 1. The number of nitrogens with zero attached hydrogens (tertiary/aromatic N) is 8. The van der Waals surface area contributed by atoms with E-state index >= 15 is 0 Å². The summed E-state index contributed by atoms with van der Waals surface area (Å²) in [6.07, 6.45) is 23.3. The van der Waals surface area contributed by atoms with Gasteiger partial charge >= 0.3 is 12.2 Å². The largest absolute Gasteiger partial charge is 0.506 e. The molecule has 9 heterocycles. The molecule has 0 radical (unpaired) electrons. The lowest BCUT2D eigenvalue weighted by Crippen LogP contribution is -2.50. The zero-order chi connectivity index (χ0) is 64.3. The van der Waals surface area contributed by atoms with E-state index in [4.69, 9.17) is 79.9 Å². The molecular weight excluding hydrogens is 1280 g/mol. The number of phenolic OH excluding ortho intramolecular Hbond substituents is 1. The van der Waals surface area contributed by atoms with E-state index in [1.165, 1.54) is 55.4 Å². The standard InChI is InChI=1S/C25H28ClN3O6S.C16H20ClN3O3.C12H14ClN3O.C9H9ClO3S/c1-14(2)33-25(30)29-16-4-5-17(29)11-18(10-16)34-23-15(3)24(28-13-27-23)35-22-9-8-20(12-21(22)26)36(31,32)19-6-7-19;1-9(2)22-16(21)20-11-4-5-12(20)7-13(6-11)23-15-10(3)14(17)18-8-19-15;1-7-11(13)14-6-15-12(7)17-10-4-8-2-3-9(5-10)16-8;10-8-5-7(3-4-9(8)11)14(12,13)6-1-2-6/h4-5,8-9,12-14,16-19H,6-7,10-11H2,1-3H3;4-5,8-9,11-13H,6-7H2,1-3H3;2-3,6,8-10,16H,4-5H2,1H3;3-6,11H,1-2H2/t16-,17?,18?;11-,12?,13?;8-,9?,10?;/m000./s1. The van der Waals surface area contributed by atoms with Gasteiger partial charge in [-0.15, -0.1) is 0 Å². The van der Waals surface area contributed by atoms with Crippen LogP contribution in [-0.2, 0) is 29.1 Å². The van der Waals surface area contributed by atoms with Gasteiger partial charge in [-0.1, -0.05) is 82.9 Å². The van der Waals surface area contributed by atoms with Gasteiger partial charge in [-0.3, -0.25) is 9.80 Å². The van der Waals surface area contributed by atoms with E-state index in [1.54, 1.807) is 16.7 Å². The summed E-state index contributed by atoms with van der Waals surface area (Å²) in [4.78, 5) is 53.3. The highest BCUT2D eigenvalue weighted by molar-refractivity contribution is 7.92. The third-order valence-electron chi connectivity index (χ3n) is 16.1. The second kappa shape index (κ2) is 28.1. The van der Waals surface area contributed by atoms with E-state index in [9.17, 15) is 26.4 Å². The van der Waals surface area contributed by atoms with Crippen LogP contribution in [0.5, 0.6) is 35.0 Å². The van der Waals surface area contributed by atoms with Crippen LogP contribution in [0, 0.1) is 20.8 Å². The number of ether oxygens (including phenoxy) is 6. The average Bonchev–Trinajstić information content (AvgIpc) is 1.72. The number of carbonyl (C=O) groups excluding carboxylic acids is 2. The van der Waals surface area contributed by atoms with Crippen molar-refractivity contribution in [2.75, 3.05) is 0 Å². The van der Waals surface area contributed by atoms with Gasteiger partial charge in [0.15, 0.2) is 19.7 Å². The molecule has 5 fully saturated rings. The molecule has 13 rings (SSSR count). The molecule has 3 saturated heterocycles. The summed E-state index contributed by atoms with van der Waals surface area (Å²) in [5, 5.41) is 13.2. The molecule has 2 saturated carbocycles. The number of phenols is 1. The molecule has 0 spiro atoms. The number of piperidine rings is 3. The first kappa shape index (κ1) is 66.4. The summed E-state index contributed by atoms with van der Waals surface area (Å²) in [7, 11) is -6.55. The zero-order valence-corrected chi connectivity index (χ0v) is 55.1. The number of nitrogens with one attached hydrogen (secondary N) is 1. The highest BCUT2D eigenvalue weighted by Crippen LogP contribution is 2.41. The van der Waals surface area contributed by atoms with Crippen molar-refractivity contribution in [2.45, 2.75) is 200 Å². The smallest absolute Gasteiger partial charge is 0.411 e. The molecule has 6 aliphatic heterocycles. The maximum atomic E-state index is 12.5. The fourth-order valence-electron chi connectivity index (χ4n) is 11.2. The number of amides is 2. The Hall–Kier alpha value is -6.54. The molecule has 90 heavy (non-hydrogen) atoms. The van der Waals surface area contributed by atoms with Crippen LogP contribution < -0.4 is 24.3 Å². The first-order valence-electron chi connectivity index (χ1n) is 29.8. The summed E-state index contributed by atoms with van der Waals surface area (Å²) >= 11 is 23.9. The second-order valence-electron chi connectivity index (χ2n) is 23.7. The molecule has 8 aliphatic rings. The Bertz CT molecular complexity index is 3760. The first-order valence-corrected chi connectivity index (χ1v) is 34.4. The predicted octanol–water partition coefficient (Wildman–Crippen LogP) is 11.9. The molecule has 9 atom stereocenters. The minimum Gasteiger partial charge on any atom is -0.506 e. The molecule has 2 amide bonds. The van der Waals surface area contributed by atoms with E-state index < -0.39 is 19.7 Å². The lowest BCUT2D eigenvalue weighted by Gasteiger charge is -2.38. The van der Waals surface area contributed by atoms with Crippen molar-refractivity contribution in [3.63, 3.8) is 0 Å². The van der Waals surface area contributed by atoms with Crippen molar-refractivity contribution in [3.8, 4) is 35.0 Å². The number of hydrogen-bond acceptors (Lipinski definition) is 20. The lowest BCUT2D eigenvalue weighted by molar-refractivity contribution is 0.0254. The van der Waals surface area contributed by atoms with Crippen LogP contribution in [0.2, 0.25) is 20.4 Å². The third kappa shape index (κ3) is 15.8. The highest BCUT2D eigenvalue weighted by atomic mass is 35.5. The van der Waals surface area contributed by atoms with Gasteiger partial charge < -0.3 is 38.8 Å². The Morgan fingerprint density at radius 1 is 0.522 bits per heavy atom. The quantitative estimate of drug-likeness (QED) is 0.0772. The van der Waals surface area contributed by atoms with Crippen LogP contribution in [0.15, 0.2) is 102 Å². The Labute approximate surface area is 543 Å². The van der Waals surface area contributed by atoms with Crippen molar-refractivity contribution in [1.82, 2.24) is 45.0 Å². The summed E-state index contributed by atoms with van der Waals surface area (Å²) in [5.74, 6) is 1.95. The predicted molar refractivity (Wildman–Crippen MR) is 337 cm³/mol. The first-order chi connectivity index (χ1) is 42.8. The fraction of sp³-hybridized carbons (Fsp3) is 0.484. The summed E-state index contributed by atoms with van der Waals surface area (Å²) in [6.45, 7) is 12.9. The van der Waals surface area contributed by atoms with E-state index in [1.807, 2.05) is 53.7 Å². The third-order valence-corrected chi connectivity index (χ3v) is 22.0. The van der Waals surface area contributed by atoms with Gasteiger partial charge in [0.05, 0.1) is 72.3 Å². The Morgan fingerprint density at radius 3 is 1.30 bits per heavy atom. The van der Waals surface area contributed by atoms with Crippen molar-refractivity contribution in [1.29, 1.82) is 0 Å². The van der Waals surface area contributed by atoms with Gasteiger partial charge in [-0.25, -0.2) is 56.3 Å². The van der Waals surface area contributed by atoms with Gasteiger partial charge in [0.1, 0.15) is 59.1 Å². The second-order valence-corrected chi connectivity index (χ2v) is 29.7. The number of fused-ring (bicyclic) bond motifs is 6. The Kier molecular flexibility index (Phi) is 20.8. The highest BCUT2D eigenvalue weighted by Gasteiger charge is 2.44. The topological polar surface area (TPSA) is 274 Å². The molecule has 2 N–H and O–H groups in total. The van der Waals surface area contributed by atoms with E-state index in [-0.39, 0.29) is 109 Å². The molecule has 6 unspecified atom stereocenters. The zero-order valence-electron chi connectivity index (χ0n) is 50.5. The average molecular weight is 1360 g/mol. The van der Waals surface area contributed by atoms with Crippen LogP contribution in [0.3, 0.4) is 0 Å². The normalized spacial score (nSPS) is 24.3. The van der Waals surface area contributed by atoms with Crippen LogP contribution in [0.4, 0.5) is 9.59 Å². The van der Waals surface area contributed by atoms with Gasteiger partial charge in [0.2, 0.25) is 23.5 Å². The van der Waals surface area contributed by atoms with E-state index in [0.717, 1.165) is 36.8 Å². The summed E-state index contributed by atoms with van der Waals surface area (Å²) in [6, 6.07) is 9.14. The van der Waals surface area contributed by atoms with E-state index in [2.05, 4.69) is 59.5 Å². The van der Waals surface area contributed by atoms with Crippen LogP contribution in [0.1, 0.15) is 109 Å². The Morgan fingerprint density at radius 2 is 0.900 bits per heavy atom. The SMILES string of the molecule is Cc1c(Cl)ncnc1OC1CC2C=C[C@@H](C1)N2.Cc1c(Cl)ncnc1OC1CC2C=C[C@@H](C1)N2C(=O)OC(C)C.Cc1c(Oc2ccc(S(=O)(=O)C3CC3)cc2Cl)ncnc1OC1CC2C=C[C@@H](C1)N2C(=O)OC(C)C.O=S(=O)(c1ccc(O)c(Cl)c1)C1CC1. The molecule has 482 valence electrons. The molecule has 2 aliphatic carbocycles. The van der Waals surface area contributed by atoms with E-state index in [0.29, 0.717) is 89.9 Å². The fourth-order valence-corrected chi connectivity index (χ4v) is 15.4. The van der Waals surface area contributed by atoms with Crippen LogP contribution >= 0.6 is 46.4 Å². The molecule has 2 aromatic carbocycles. The van der Waals surface area contributed by atoms with Crippen molar-refractivity contribution in [3.05, 3.63) is 129 Å². The van der Waals surface area contributed by atoms with Gasteiger partial charge in [-0.2, -0.15) is 0 Å². The maximum absolute atomic E-state index is 12.5. The molecule has 5 aromatic rings. The number of carbonyl (C=O) groups is 2. The molecule has 6 bridgehead atoms. The number of hydrogen-bond donors (Lipinski definition) is 2.